The lowest BCUT2D eigenvalue weighted by atomic mass is 9.97. The predicted molar refractivity (Wildman–Crippen MR) is 111 cm³/mol. The Balaban J connectivity index is 1.16. The van der Waals surface area contributed by atoms with Crippen LogP contribution in [0.2, 0.25) is 0 Å². The Bertz CT molecular complexity index is 823. The lowest BCUT2D eigenvalue weighted by Crippen LogP contribution is -2.41. The maximum atomic E-state index is 10.4. The van der Waals surface area contributed by atoms with Gasteiger partial charge in [-0.25, -0.2) is 0 Å². The molecule has 2 heterocycles. The number of aliphatic hydroxyl groups is 1. The van der Waals surface area contributed by atoms with Crippen molar-refractivity contribution in [3.05, 3.63) is 60.7 Å². The summed E-state index contributed by atoms with van der Waals surface area (Å²) in [6.07, 6.45) is 1.70. The molecular weight excluding hydrogens is 352 g/mol. The van der Waals surface area contributed by atoms with E-state index in [1.807, 2.05) is 60.7 Å². The topological polar surface area (TPSA) is 57.7 Å². The van der Waals surface area contributed by atoms with Crippen molar-refractivity contribution < 1.29 is 14.6 Å². The Hall–Kier alpha value is -2.50. The average Bonchev–Trinajstić information content (AvgIpc) is 3.16. The molecule has 28 heavy (non-hydrogen) atoms. The molecule has 3 aromatic rings. The van der Waals surface area contributed by atoms with E-state index in [1.54, 1.807) is 0 Å². The summed E-state index contributed by atoms with van der Waals surface area (Å²) >= 11 is 0. The second-order valence-corrected chi connectivity index (χ2v) is 7.55. The number of β-amino-alcohol motifs (C(OH)–C–C–N with tert-alkyl or cyclic N) is 1. The van der Waals surface area contributed by atoms with Crippen molar-refractivity contribution in [1.82, 2.24) is 9.88 Å². The standard InChI is InChI=1S/C23H28N2O3/c26-20(17-28-23-14-19-6-4-5-9-22(19)24-23)15-25-12-10-18(11-13-25)16-27-21-7-2-1-3-8-21/h1-9,14,18,20,24,26H,10-13,15-17H2. The molecule has 1 aliphatic rings. The Labute approximate surface area is 165 Å². The number of nitrogens with one attached hydrogen (secondary N) is 1. The van der Waals surface area contributed by atoms with Gasteiger partial charge in [-0.05, 0) is 50.0 Å². The summed E-state index contributed by atoms with van der Waals surface area (Å²) in [5, 5.41) is 11.5. The molecule has 0 saturated carbocycles. The van der Waals surface area contributed by atoms with Crippen LogP contribution < -0.4 is 9.47 Å². The average molecular weight is 380 g/mol. The highest BCUT2D eigenvalue weighted by Crippen LogP contribution is 2.21. The second-order valence-electron chi connectivity index (χ2n) is 7.55. The molecule has 1 atom stereocenters. The Morgan fingerprint density at radius 2 is 1.75 bits per heavy atom. The van der Waals surface area contributed by atoms with E-state index < -0.39 is 6.10 Å². The van der Waals surface area contributed by atoms with Gasteiger partial charge in [0.2, 0.25) is 0 Å². The van der Waals surface area contributed by atoms with Crippen LogP contribution in [0.5, 0.6) is 11.6 Å². The summed E-state index contributed by atoms with van der Waals surface area (Å²) in [4.78, 5) is 5.54. The van der Waals surface area contributed by atoms with Crippen LogP contribution in [0.1, 0.15) is 12.8 Å². The quantitative estimate of drug-likeness (QED) is 0.626. The molecule has 0 amide bonds. The largest absolute Gasteiger partial charge is 0.493 e. The summed E-state index contributed by atoms with van der Waals surface area (Å²) < 4.78 is 11.6. The number of hydrogen-bond acceptors (Lipinski definition) is 4. The Kier molecular flexibility index (Phi) is 6.14. The van der Waals surface area contributed by atoms with E-state index in [-0.39, 0.29) is 0 Å². The van der Waals surface area contributed by atoms with Crippen molar-refractivity contribution in [2.24, 2.45) is 5.92 Å². The molecule has 2 aromatic carbocycles. The fourth-order valence-electron chi connectivity index (χ4n) is 3.73. The van der Waals surface area contributed by atoms with E-state index >= 15 is 0 Å². The van der Waals surface area contributed by atoms with Gasteiger partial charge in [0.05, 0.1) is 6.61 Å². The first-order valence-corrected chi connectivity index (χ1v) is 10.0. The van der Waals surface area contributed by atoms with Gasteiger partial charge >= 0.3 is 0 Å². The van der Waals surface area contributed by atoms with Crippen molar-refractivity contribution in [2.75, 3.05) is 32.8 Å². The van der Waals surface area contributed by atoms with E-state index in [0.29, 0.717) is 24.9 Å². The third-order valence-corrected chi connectivity index (χ3v) is 5.34. The van der Waals surface area contributed by atoms with Crippen LogP contribution in [0.3, 0.4) is 0 Å². The van der Waals surface area contributed by atoms with Crippen molar-refractivity contribution >= 4 is 10.9 Å². The fraction of sp³-hybridized carbons (Fsp3) is 0.391. The van der Waals surface area contributed by atoms with Crippen LogP contribution in [0.25, 0.3) is 10.9 Å². The zero-order chi connectivity index (χ0) is 19.2. The number of aromatic amines is 1. The van der Waals surface area contributed by atoms with Gasteiger partial charge in [0, 0.05) is 23.5 Å². The summed E-state index contributed by atoms with van der Waals surface area (Å²) in [6.45, 7) is 3.69. The number of aromatic nitrogens is 1. The SMILES string of the molecule is OC(COc1cc2ccccc2[nH]1)CN1CCC(COc2ccccc2)CC1. The fourth-order valence-corrected chi connectivity index (χ4v) is 3.73. The number of benzene rings is 2. The monoisotopic (exact) mass is 380 g/mol. The van der Waals surface area contributed by atoms with Crippen LogP contribution in [0.4, 0.5) is 0 Å². The number of likely N-dealkylation sites (tertiary alicyclic amines) is 1. The molecule has 5 nitrogen and oxygen atoms in total. The van der Waals surface area contributed by atoms with Crippen molar-refractivity contribution in [2.45, 2.75) is 18.9 Å². The number of para-hydroxylation sites is 2. The minimum Gasteiger partial charge on any atom is -0.493 e. The molecule has 1 saturated heterocycles. The Morgan fingerprint density at radius 1 is 1.00 bits per heavy atom. The van der Waals surface area contributed by atoms with E-state index in [0.717, 1.165) is 49.2 Å². The van der Waals surface area contributed by atoms with Crippen molar-refractivity contribution in [3.8, 4) is 11.6 Å². The van der Waals surface area contributed by atoms with Crippen LogP contribution in [0, 0.1) is 5.92 Å². The number of rotatable bonds is 8. The number of hydrogen-bond donors (Lipinski definition) is 2. The van der Waals surface area contributed by atoms with Gasteiger partial charge in [0.15, 0.2) is 5.88 Å². The first-order valence-electron chi connectivity index (χ1n) is 10.0. The third-order valence-electron chi connectivity index (χ3n) is 5.34. The number of ether oxygens (including phenoxy) is 2. The van der Waals surface area contributed by atoms with Crippen LogP contribution in [-0.4, -0.2) is 53.9 Å². The maximum absolute atomic E-state index is 10.4. The van der Waals surface area contributed by atoms with E-state index in [2.05, 4.69) is 9.88 Å². The van der Waals surface area contributed by atoms with Crippen LogP contribution >= 0.6 is 0 Å². The molecule has 0 spiro atoms. The summed E-state index contributed by atoms with van der Waals surface area (Å²) in [5.41, 5.74) is 1.05. The molecule has 1 unspecified atom stereocenters. The first-order chi connectivity index (χ1) is 13.8. The molecule has 0 aliphatic carbocycles. The summed E-state index contributed by atoms with van der Waals surface area (Å²) in [6, 6.07) is 20.0. The molecule has 148 valence electrons. The second kappa shape index (κ2) is 9.13. The molecule has 5 heteroatoms. The molecule has 2 N–H and O–H groups in total. The van der Waals surface area contributed by atoms with Gasteiger partial charge < -0.3 is 24.5 Å². The van der Waals surface area contributed by atoms with Gasteiger partial charge in [-0.1, -0.05) is 36.4 Å². The first kappa shape index (κ1) is 18.8. The zero-order valence-corrected chi connectivity index (χ0v) is 16.1. The lowest BCUT2D eigenvalue weighted by molar-refractivity contribution is 0.0493. The summed E-state index contributed by atoms with van der Waals surface area (Å²) in [5.74, 6) is 2.22. The van der Waals surface area contributed by atoms with Gasteiger partial charge in [-0.15, -0.1) is 0 Å². The molecule has 4 rings (SSSR count). The van der Waals surface area contributed by atoms with Crippen molar-refractivity contribution in [1.29, 1.82) is 0 Å². The summed E-state index contributed by atoms with van der Waals surface area (Å²) in [7, 11) is 0. The molecule has 0 radical (unpaired) electrons. The number of aliphatic hydroxyl groups excluding tert-OH is 1. The number of nitrogens with zero attached hydrogens (tertiary/aromatic N) is 1. The molecule has 1 aliphatic heterocycles. The highest BCUT2D eigenvalue weighted by molar-refractivity contribution is 5.81. The number of H-pyrrole nitrogens is 1. The molecule has 0 bridgehead atoms. The molecular formula is C23H28N2O3. The minimum atomic E-state index is -0.497. The maximum Gasteiger partial charge on any atom is 0.191 e. The predicted octanol–water partition coefficient (Wildman–Crippen LogP) is 3.70. The van der Waals surface area contributed by atoms with Gasteiger partial charge in [0.1, 0.15) is 18.5 Å². The van der Waals surface area contributed by atoms with E-state index in [4.69, 9.17) is 9.47 Å². The smallest absolute Gasteiger partial charge is 0.191 e. The Morgan fingerprint density at radius 3 is 2.54 bits per heavy atom. The lowest BCUT2D eigenvalue weighted by Gasteiger charge is -2.32. The number of piperidine rings is 1. The molecule has 1 fully saturated rings. The third kappa shape index (κ3) is 5.06. The van der Waals surface area contributed by atoms with Crippen molar-refractivity contribution in [3.63, 3.8) is 0 Å². The highest BCUT2D eigenvalue weighted by Gasteiger charge is 2.22. The normalized spacial score (nSPS) is 16.9. The van der Waals surface area contributed by atoms with E-state index in [9.17, 15) is 5.11 Å². The number of fused-ring (bicyclic) bond motifs is 1. The van der Waals surface area contributed by atoms with Gasteiger partial charge in [0.25, 0.3) is 0 Å². The van der Waals surface area contributed by atoms with Crippen LogP contribution in [-0.2, 0) is 0 Å². The molecule has 1 aromatic heterocycles. The van der Waals surface area contributed by atoms with Gasteiger partial charge in [-0.2, -0.15) is 0 Å². The zero-order valence-electron chi connectivity index (χ0n) is 16.1. The highest BCUT2D eigenvalue weighted by atomic mass is 16.5. The minimum absolute atomic E-state index is 0.296. The van der Waals surface area contributed by atoms with E-state index in [1.165, 1.54) is 0 Å². The van der Waals surface area contributed by atoms with Gasteiger partial charge in [-0.3, -0.25) is 0 Å². The van der Waals surface area contributed by atoms with Crippen LogP contribution in [0.15, 0.2) is 60.7 Å².